The maximum atomic E-state index is 12.0. The molecule has 0 saturated heterocycles. The molecule has 0 bridgehead atoms. The van der Waals surface area contributed by atoms with E-state index in [1.807, 2.05) is 0 Å². The van der Waals surface area contributed by atoms with Crippen molar-refractivity contribution in [2.45, 2.75) is 24.8 Å². The summed E-state index contributed by atoms with van der Waals surface area (Å²) in [5.41, 5.74) is 5.15. The quantitative estimate of drug-likeness (QED) is 0.772. The Morgan fingerprint density at radius 1 is 1.50 bits per heavy atom. The minimum Gasteiger partial charge on any atom is -0.368 e. The molecule has 0 aliphatic heterocycles. The van der Waals surface area contributed by atoms with Crippen molar-refractivity contribution in [3.8, 4) is 0 Å². The lowest BCUT2D eigenvalue weighted by molar-refractivity contribution is -0.120. The number of hydrogen-bond acceptors (Lipinski definition) is 4. The van der Waals surface area contributed by atoms with Gasteiger partial charge < -0.3 is 5.73 Å². The summed E-state index contributed by atoms with van der Waals surface area (Å²) in [6, 6.07) is 1.75. The van der Waals surface area contributed by atoms with Crippen LogP contribution in [0.5, 0.6) is 0 Å². The number of carbonyl (C=O) groups is 1. The highest BCUT2D eigenvalue weighted by Gasteiger charge is 2.28. The Morgan fingerprint density at radius 2 is 2.11 bits per heavy atom. The van der Waals surface area contributed by atoms with Crippen LogP contribution in [0, 0.1) is 5.92 Å². The van der Waals surface area contributed by atoms with Crippen LogP contribution in [0.1, 0.15) is 13.8 Å². The van der Waals surface area contributed by atoms with Crippen molar-refractivity contribution in [2.75, 3.05) is 0 Å². The van der Waals surface area contributed by atoms with Crippen molar-refractivity contribution in [1.82, 2.24) is 9.71 Å². The number of halogens is 1. The lowest BCUT2D eigenvalue weighted by Gasteiger charge is -2.19. The Hall–Kier alpha value is -1.18. The number of nitrogens with zero attached hydrogens (tertiary/aromatic N) is 1. The molecule has 1 rings (SSSR count). The molecule has 0 fully saturated rings. The van der Waals surface area contributed by atoms with Gasteiger partial charge >= 0.3 is 0 Å². The van der Waals surface area contributed by atoms with Crippen LogP contribution in [-0.2, 0) is 14.8 Å². The summed E-state index contributed by atoms with van der Waals surface area (Å²) in [7, 11) is -3.93. The number of carbonyl (C=O) groups excluding carboxylic acids is 1. The Labute approximate surface area is 111 Å². The topological polar surface area (TPSA) is 102 Å². The van der Waals surface area contributed by atoms with E-state index >= 15 is 0 Å². The molecule has 18 heavy (non-hydrogen) atoms. The van der Waals surface area contributed by atoms with E-state index in [1.165, 1.54) is 18.3 Å². The summed E-state index contributed by atoms with van der Waals surface area (Å²) in [6.45, 7) is 3.37. The highest BCUT2D eigenvalue weighted by Crippen LogP contribution is 2.18. The van der Waals surface area contributed by atoms with E-state index in [0.717, 1.165) is 0 Å². The molecule has 100 valence electrons. The smallest absolute Gasteiger partial charge is 0.244 e. The first-order valence-electron chi connectivity index (χ1n) is 5.18. The van der Waals surface area contributed by atoms with Crippen molar-refractivity contribution in [2.24, 2.45) is 11.7 Å². The first kappa shape index (κ1) is 14.9. The molecule has 1 aromatic heterocycles. The first-order chi connectivity index (χ1) is 8.25. The van der Waals surface area contributed by atoms with Crippen LogP contribution < -0.4 is 10.5 Å². The van der Waals surface area contributed by atoms with Crippen LogP contribution in [0.25, 0.3) is 0 Å². The van der Waals surface area contributed by atoms with Gasteiger partial charge in [0.25, 0.3) is 0 Å². The summed E-state index contributed by atoms with van der Waals surface area (Å²) < 4.78 is 26.3. The van der Waals surface area contributed by atoms with Crippen LogP contribution in [0.15, 0.2) is 23.2 Å². The zero-order valence-electron chi connectivity index (χ0n) is 9.92. The second-order valence-electron chi connectivity index (χ2n) is 4.04. The lowest BCUT2D eigenvalue weighted by Crippen LogP contribution is -2.47. The Bertz CT molecular complexity index is 545. The molecule has 6 nitrogen and oxygen atoms in total. The number of pyridine rings is 1. The SMILES string of the molecule is CC(C)C(NS(=O)(=O)c1cccnc1Cl)C(N)=O. The van der Waals surface area contributed by atoms with Crippen LogP contribution in [0.4, 0.5) is 0 Å². The average molecular weight is 292 g/mol. The van der Waals surface area contributed by atoms with Crippen LogP contribution in [0.3, 0.4) is 0 Å². The maximum absolute atomic E-state index is 12.0. The van der Waals surface area contributed by atoms with E-state index in [9.17, 15) is 13.2 Å². The molecule has 8 heteroatoms. The Morgan fingerprint density at radius 3 is 2.56 bits per heavy atom. The second-order valence-corrected chi connectivity index (χ2v) is 6.08. The van der Waals surface area contributed by atoms with E-state index in [1.54, 1.807) is 13.8 Å². The number of hydrogen-bond donors (Lipinski definition) is 2. The van der Waals surface area contributed by atoms with Gasteiger partial charge in [-0.25, -0.2) is 13.4 Å². The molecule has 0 radical (unpaired) electrons. The van der Waals surface area contributed by atoms with E-state index < -0.39 is 22.0 Å². The fraction of sp³-hybridized carbons (Fsp3) is 0.400. The molecule has 3 N–H and O–H groups in total. The number of nitrogens with one attached hydrogen (secondary N) is 1. The number of aromatic nitrogens is 1. The number of primary amides is 1. The maximum Gasteiger partial charge on any atom is 0.244 e. The van der Waals surface area contributed by atoms with Crippen molar-refractivity contribution >= 4 is 27.5 Å². The van der Waals surface area contributed by atoms with E-state index in [0.29, 0.717) is 0 Å². The standard InChI is InChI=1S/C10H14ClN3O3S/c1-6(2)8(10(12)15)14-18(16,17)7-4-3-5-13-9(7)11/h3-6,8,14H,1-2H3,(H2,12,15). The molecule has 1 unspecified atom stereocenters. The van der Waals surface area contributed by atoms with Gasteiger partial charge in [0.05, 0.1) is 0 Å². The average Bonchev–Trinajstić information content (AvgIpc) is 2.25. The highest BCUT2D eigenvalue weighted by molar-refractivity contribution is 7.89. The second kappa shape index (κ2) is 5.64. The van der Waals surface area contributed by atoms with Gasteiger partial charge in [0, 0.05) is 6.20 Å². The van der Waals surface area contributed by atoms with E-state index in [-0.39, 0.29) is 16.0 Å². The minimum absolute atomic E-state index is 0.156. The largest absolute Gasteiger partial charge is 0.368 e. The zero-order chi connectivity index (χ0) is 13.9. The lowest BCUT2D eigenvalue weighted by atomic mass is 10.1. The fourth-order valence-electron chi connectivity index (χ4n) is 1.33. The molecule has 1 amide bonds. The van der Waals surface area contributed by atoms with Gasteiger partial charge in [-0.3, -0.25) is 4.79 Å². The molecule has 0 aliphatic carbocycles. The Kier molecular flexibility index (Phi) is 4.66. The molecule has 1 aromatic rings. The van der Waals surface area contributed by atoms with E-state index in [2.05, 4.69) is 9.71 Å². The van der Waals surface area contributed by atoms with Crippen molar-refractivity contribution in [3.63, 3.8) is 0 Å². The van der Waals surface area contributed by atoms with Gasteiger partial charge in [-0.15, -0.1) is 0 Å². The van der Waals surface area contributed by atoms with Crippen LogP contribution >= 0.6 is 11.6 Å². The number of rotatable bonds is 5. The monoisotopic (exact) mass is 291 g/mol. The molecule has 0 spiro atoms. The third-order valence-corrected chi connectivity index (χ3v) is 4.16. The van der Waals surface area contributed by atoms with Gasteiger partial charge in [0.15, 0.2) is 0 Å². The predicted molar refractivity (Wildman–Crippen MR) is 67.4 cm³/mol. The predicted octanol–water partition coefficient (Wildman–Crippen LogP) is 0.523. The molecule has 1 atom stereocenters. The molecule has 0 saturated carbocycles. The summed E-state index contributed by atoms with van der Waals surface area (Å²) in [6.07, 6.45) is 1.37. The molecule has 1 heterocycles. The van der Waals surface area contributed by atoms with Gasteiger partial charge in [-0.1, -0.05) is 25.4 Å². The normalized spacial score (nSPS) is 13.6. The fourth-order valence-corrected chi connectivity index (χ4v) is 3.13. The van der Waals surface area contributed by atoms with Gasteiger partial charge in [0.1, 0.15) is 16.1 Å². The van der Waals surface area contributed by atoms with Gasteiger partial charge in [0.2, 0.25) is 15.9 Å². The van der Waals surface area contributed by atoms with Crippen molar-refractivity contribution in [1.29, 1.82) is 0 Å². The van der Waals surface area contributed by atoms with Gasteiger partial charge in [-0.05, 0) is 18.1 Å². The van der Waals surface area contributed by atoms with Crippen LogP contribution in [-0.4, -0.2) is 25.4 Å². The molecule has 0 aromatic carbocycles. The highest BCUT2D eigenvalue weighted by atomic mass is 35.5. The summed E-state index contributed by atoms with van der Waals surface area (Å²) in [4.78, 5) is 14.7. The molecular weight excluding hydrogens is 278 g/mol. The zero-order valence-corrected chi connectivity index (χ0v) is 11.5. The number of nitrogens with two attached hydrogens (primary N) is 1. The third-order valence-electron chi connectivity index (χ3n) is 2.27. The summed E-state index contributed by atoms with van der Waals surface area (Å²) >= 11 is 5.70. The van der Waals surface area contributed by atoms with E-state index in [4.69, 9.17) is 17.3 Å². The minimum atomic E-state index is -3.93. The van der Waals surface area contributed by atoms with Gasteiger partial charge in [-0.2, -0.15) is 4.72 Å². The third kappa shape index (κ3) is 3.41. The summed E-state index contributed by atoms with van der Waals surface area (Å²) in [5, 5.41) is -0.156. The van der Waals surface area contributed by atoms with Crippen LogP contribution in [0.2, 0.25) is 5.15 Å². The number of sulfonamides is 1. The van der Waals surface area contributed by atoms with Crippen molar-refractivity contribution in [3.05, 3.63) is 23.5 Å². The first-order valence-corrected chi connectivity index (χ1v) is 7.04. The molecular formula is C10H14ClN3O3S. The summed E-state index contributed by atoms with van der Waals surface area (Å²) in [5.74, 6) is -1.01. The number of amides is 1. The van der Waals surface area contributed by atoms with Crippen molar-refractivity contribution < 1.29 is 13.2 Å². The Balaban J connectivity index is 3.09. The molecule has 0 aliphatic rings.